The van der Waals surface area contributed by atoms with Gasteiger partial charge in [0.15, 0.2) is 0 Å². The van der Waals surface area contributed by atoms with E-state index in [1.54, 1.807) is 6.07 Å². The molecule has 0 amide bonds. The highest BCUT2D eigenvalue weighted by molar-refractivity contribution is 9.10. The smallest absolute Gasteiger partial charge is 0.264 e. The number of hydrogen-bond acceptors (Lipinski definition) is 3. The van der Waals surface area contributed by atoms with Crippen LogP contribution in [-0.2, 0) is 10.0 Å². The number of rotatable bonds is 3. The number of halogens is 3. The summed E-state index contributed by atoms with van der Waals surface area (Å²) in [4.78, 5) is -0.0905. The SMILES string of the molecule is Nc1ccc(Br)cc1S(=O)(=O)Nc1ccc(F)cc1Cl. The predicted octanol–water partition coefficient (Wildman–Crippen LogP) is 3.62. The van der Waals surface area contributed by atoms with Crippen LogP contribution in [0.4, 0.5) is 15.8 Å². The summed E-state index contributed by atoms with van der Waals surface area (Å²) >= 11 is 8.96. The lowest BCUT2D eigenvalue weighted by Gasteiger charge is -2.11. The molecule has 3 N–H and O–H groups in total. The van der Waals surface area contributed by atoms with Gasteiger partial charge in [-0.1, -0.05) is 27.5 Å². The molecule has 0 spiro atoms. The molecular formula is C12H9BrClFN2O2S. The van der Waals surface area contributed by atoms with Crippen molar-refractivity contribution >= 4 is 48.9 Å². The van der Waals surface area contributed by atoms with Crippen molar-refractivity contribution in [3.05, 3.63) is 51.7 Å². The van der Waals surface area contributed by atoms with Crippen LogP contribution >= 0.6 is 27.5 Å². The molecule has 0 aliphatic carbocycles. The maximum atomic E-state index is 12.9. The fourth-order valence-corrected chi connectivity index (χ4v) is 3.53. The zero-order valence-corrected chi connectivity index (χ0v) is 13.1. The minimum absolute atomic E-state index is 0.0397. The Morgan fingerprint density at radius 3 is 2.55 bits per heavy atom. The summed E-state index contributed by atoms with van der Waals surface area (Å²) in [6, 6.07) is 7.82. The van der Waals surface area contributed by atoms with E-state index >= 15 is 0 Å². The second kappa shape index (κ2) is 5.59. The van der Waals surface area contributed by atoms with Crippen molar-refractivity contribution in [2.45, 2.75) is 4.90 Å². The van der Waals surface area contributed by atoms with Crippen LogP contribution in [0.5, 0.6) is 0 Å². The van der Waals surface area contributed by atoms with Crippen LogP contribution in [-0.4, -0.2) is 8.42 Å². The quantitative estimate of drug-likeness (QED) is 0.800. The zero-order valence-electron chi connectivity index (χ0n) is 9.90. The topological polar surface area (TPSA) is 72.2 Å². The molecule has 0 saturated heterocycles. The van der Waals surface area contributed by atoms with E-state index in [1.165, 1.54) is 18.2 Å². The predicted molar refractivity (Wildman–Crippen MR) is 80.8 cm³/mol. The van der Waals surface area contributed by atoms with Crippen molar-refractivity contribution in [3.63, 3.8) is 0 Å². The van der Waals surface area contributed by atoms with Crippen LogP contribution < -0.4 is 10.5 Å². The number of benzene rings is 2. The second-order valence-corrected chi connectivity index (χ2v) is 6.89. The lowest BCUT2D eigenvalue weighted by atomic mass is 10.3. The largest absolute Gasteiger partial charge is 0.398 e. The third-order valence-corrected chi connectivity index (χ3v) is 4.67. The Kier molecular flexibility index (Phi) is 4.22. The molecule has 2 aromatic carbocycles. The number of sulfonamides is 1. The fourth-order valence-electron chi connectivity index (χ4n) is 1.51. The Labute approximate surface area is 128 Å². The first-order chi connectivity index (χ1) is 9.29. The van der Waals surface area contributed by atoms with E-state index < -0.39 is 15.8 Å². The van der Waals surface area contributed by atoms with Crippen LogP contribution in [0.2, 0.25) is 5.02 Å². The minimum Gasteiger partial charge on any atom is -0.398 e. The molecule has 0 aliphatic heterocycles. The van der Waals surface area contributed by atoms with Crippen LogP contribution in [0, 0.1) is 5.82 Å². The molecule has 8 heteroatoms. The lowest BCUT2D eigenvalue weighted by molar-refractivity contribution is 0.601. The van der Waals surface area contributed by atoms with Crippen LogP contribution in [0.3, 0.4) is 0 Å². The Morgan fingerprint density at radius 1 is 1.20 bits per heavy atom. The zero-order chi connectivity index (χ0) is 14.9. The first-order valence-electron chi connectivity index (χ1n) is 5.32. The monoisotopic (exact) mass is 378 g/mol. The second-order valence-electron chi connectivity index (χ2n) is 3.91. The first-order valence-corrected chi connectivity index (χ1v) is 7.98. The maximum absolute atomic E-state index is 12.9. The van der Waals surface area contributed by atoms with Gasteiger partial charge in [-0.25, -0.2) is 12.8 Å². The standard InChI is InChI=1S/C12H9BrClFN2O2S/c13-7-1-3-10(16)12(5-7)20(18,19)17-11-4-2-8(15)6-9(11)14/h1-6,17H,16H2. The Bertz CT molecular complexity index is 768. The van der Waals surface area contributed by atoms with Gasteiger partial charge in [-0.2, -0.15) is 0 Å². The van der Waals surface area contributed by atoms with Gasteiger partial charge in [0, 0.05) is 4.47 Å². The summed E-state index contributed by atoms with van der Waals surface area (Å²) in [6.07, 6.45) is 0. The molecule has 0 aromatic heterocycles. The van der Waals surface area contributed by atoms with E-state index in [4.69, 9.17) is 17.3 Å². The van der Waals surface area contributed by atoms with Crippen molar-refractivity contribution in [2.24, 2.45) is 0 Å². The van der Waals surface area contributed by atoms with Gasteiger partial charge in [0.25, 0.3) is 10.0 Å². The van der Waals surface area contributed by atoms with E-state index in [1.807, 2.05) is 0 Å². The molecule has 106 valence electrons. The van der Waals surface area contributed by atoms with Crippen molar-refractivity contribution in [2.75, 3.05) is 10.5 Å². The highest BCUT2D eigenvalue weighted by Crippen LogP contribution is 2.28. The first kappa shape index (κ1) is 15.1. The Hall–Kier alpha value is -1.31. The molecule has 0 heterocycles. The van der Waals surface area contributed by atoms with Gasteiger partial charge >= 0.3 is 0 Å². The molecule has 20 heavy (non-hydrogen) atoms. The Balaban J connectivity index is 2.43. The average molecular weight is 380 g/mol. The van der Waals surface area contributed by atoms with Crippen LogP contribution in [0.25, 0.3) is 0 Å². The van der Waals surface area contributed by atoms with E-state index in [0.717, 1.165) is 12.1 Å². The van der Waals surface area contributed by atoms with Crippen molar-refractivity contribution in [1.82, 2.24) is 0 Å². The number of anilines is 2. The van der Waals surface area contributed by atoms with Gasteiger partial charge in [0.1, 0.15) is 10.7 Å². The summed E-state index contributed by atoms with van der Waals surface area (Å²) in [5, 5.41) is -0.0397. The molecule has 4 nitrogen and oxygen atoms in total. The van der Waals surface area contributed by atoms with Gasteiger partial charge in [0.2, 0.25) is 0 Å². The fraction of sp³-hybridized carbons (Fsp3) is 0. The van der Waals surface area contributed by atoms with Gasteiger partial charge in [0.05, 0.1) is 16.4 Å². The average Bonchev–Trinajstić information content (AvgIpc) is 2.35. The lowest BCUT2D eigenvalue weighted by Crippen LogP contribution is -2.15. The highest BCUT2D eigenvalue weighted by atomic mass is 79.9. The summed E-state index contributed by atoms with van der Waals surface area (Å²) in [7, 11) is -3.91. The molecule has 0 saturated carbocycles. The molecule has 0 atom stereocenters. The van der Waals surface area contributed by atoms with E-state index in [9.17, 15) is 12.8 Å². The van der Waals surface area contributed by atoms with Gasteiger partial charge in [-0.05, 0) is 36.4 Å². The molecule has 0 bridgehead atoms. The van der Waals surface area contributed by atoms with Crippen molar-refractivity contribution in [3.8, 4) is 0 Å². The number of nitrogens with one attached hydrogen (secondary N) is 1. The molecule has 2 aromatic rings. The minimum atomic E-state index is -3.91. The summed E-state index contributed by atoms with van der Waals surface area (Å²) in [6.45, 7) is 0. The third kappa shape index (κ3) is 3.23. The molecule has 0 fully saturated rings. The van der Waals surface area contributed by atoms with Gasteiger partial charge in [-0.3, -0.25) is 4.72 Å². The highest BCUT2D eigenvalue weighted by Gasteiger charge is 2.19. The normalized spacial score (nSPS) is 11.3. The molecule has 0 aliphatic rings. The summed E-state index contributed by atoms with van der Waals surface area (Å²) in [5.74, 6) is -0.556. The molecule has 0 radical (unpaired) electrons. The van der Waals surface area contributed by atoms with Gasteiger partial charge in [-0.15, -0.1) is 0 Å². The van der Waals surface area contributed by atoms with Crippen molar-refractivity contribution in [1.29, 1.82) is 0 Å². The summed E-state index contributed by atoms with van der Waals surface area (Å²) < 4.78 is 40.3. The number of nitrogen functional groups attached to an aromatic ring is 1. The molecular weight excluding hydrogens is 371 g/mol. The molecule has 2 rings (SSSR count). The third-order valence-electron chi connectivity index (χ3n) is 2.44. The van der Waals surface area contributed by atoms with Crippen molar-refractivity contribution < 1.29 is 12.8 Å². The van der Waals surface area contributed by atoms with E-state index in [-0.39, 0.29) is 21.3 Å². The number of nitrogens with two attached hydrogens (primary N) is 1. The van der Waals surface area contributed by atoms with Crippen LogP contribution in [0.1, 0.15) is 0 Å². The molecule has 0 unspecified atom stereocenters. The van der Waals surface area contributed by atoms with E-state index in [0.29, 0.717) is 4.47 Å². The van der Waals surface area contributed by atoms with Crippen LogP contribution in [0.15, 0.2) is 45.8 Å². The maximum Gasteiger partial charge on any atom is 0.264 e. The number of hydrogen-bond donors (Lipinski definition) is 2. The van der Waals surface area contributed by atoms with Gasteiger partial charge < -0.3 is 5.73 Å². The summed E-state index contributed by atoms with van der Waals surface area (Å²) in [5.41, 5.74) is 5.83. The van der Waals surface area contributed by atoms with E-state index in [2.05, 4.69) is 20.7 Å². The Morgan fingerprint density at radius 2 is 1.90 bits per heavy atom.